The molecule has 7 aromatic carbocycles. The molecule has 3 heterocycles. The Labute approximate surface area is 299 Å². The monoisotopic (exact) mass is 664 g/mol. The second-order valence-electron chi connectivity index (χ2n) is 12.9. The maximum atomic E-state index is 10.3. The number of fused-ring (bicyclic) bond motifs is 6. The number of furan rings is 1. The third-order valence-electron chi connectivity index (χ3n) is 9.87. The molecular weight excluding hydrogens is 637 g/mol. The topological polar surface area (TPSA) is 67.6 Å². The van der Waals surface area contributed by atoms with E-state index in [-0.39, 0.29) is 0 Å². The van der Waals surface area contributed by atoms with E-state index in [1.54, 1.807) is 0 Å². The van der Waals surface area contributed by atoms with Crippen LogP contribution in [0.4, 0.5) is 0 Å². The smallest absolute Gasteiger partial charge is 0.160 e. The quantitative estimate of drug-likeness (QED) is 0.184. The Balaban J connectivity index is 1.12. The first-order valence-electron chi connectivity index (χ1n) is 17.2. The van der Waals surface area contributed by atoms with E-state index in [0.717, 1.165) is 55.3 Å². The molecule has 0 saturated carbocycles. The van der Waals surface area contributed by atoms with Gasteiger partial charge in [0.05, 0.1) is 22.4 Å². The SMILES string of the molecule is N#Cc1c(-c2ccccc2)nc(-c2ccc3c(c2)oc2ccc(-n4c5ccccc5c5cc(-c6ccccc6)ccc54)cc23)nc1-c1ccccc1. The molecule has 10 aromatic rings. The van der Waals surface area contributed by atoms with Gasteiger partial charge in [-0.25, -0.2) is 9.97 Å². The highest BCUT2D eigenvalue weighted by Crippen LogP contribution is 2.39. The Morgan fingerprint density at radius 1 is 0.442 bits per heavy atom. The highest BCUT2D eigenvalue weighted by Gasteiger charge is 2.20. The van der Waals surface area contributed by atoms with Gasteiger partial charge in [-0.15, -0.1) is 0 Å². The first-order valence-corrected chi connectivity index (χ1v) is 17.2. The van der Waals surface area contributed by atoms with Crippen LogP contribution in [0.15, 0.2) is 174 Å². The van der Waals surface area contributed by atoms with Gasteiger partial charge >= 0.3 is 0 Å². The van der Waals surface area contributed by atoms with Gasteiger partial charge in [0.15, 0.2) is 5.82 Å². The van der Waals surface area contributed by atoms with Crippen LogP contribution in [0.1, 0.15) is 5.56 Å². The normalized spacial score (nSPS) is 11.4. The van der Waals surface area contributed by atoms with E-state index >= 15 is 0 Å². The van der Waals surface area contributed by atoms with Crippen LogP contribution in [0.25, 0.3) is 94.5 Å². The minimum Gasteiger partial charge on any atom is -0.456 e. The Morgan fingerprint density at radius 2 is 1.06 bits per heavy atom. The fourth-order valence-corrected chi connectivity index (χ4v) is 7.41. The van der Waals surface area contributed by atoms with Crippen molar-refractivity contribution in [3.63, 3.8) is 0 Å². The van der Waals surface area contributed by atoms with Gasteiger partial charge in [0.1, 0.15) is 22.8 Å². The number of hydrogen-bond acceptors (Lipinski definition) is 4. The van der Waals surface area contributed by atoms with E-state index in [9.17, 15) is 5.26 Å². The molecule has 0 unspecified atom stereocenters. The van der Waals surface area contributed by atoms with Crippen molar-refractivity contribution in [1.29, 1.82) is 5.26 Å². The Kier molecular flexibility index (Phi) is 6.80. The highest BCUT2D eigenvalue weighted by atomic mass is 16.3. The molecule has 0 spiro atoms. The molecule has 5 nitrogen and oxygen atoms in total. The second kappa shape index (κ2) is 11.9. The molecule has 0 aliphatic heterocycles. The average molecular weight is 665 g/mol. The van der Waals surface area contributed by atoms with Crippen molar-refractivity contribution in [1.82, 2.24) is 14.5 Å². The fourth-order valence-electron chi connectivity index (χ4n) is 7.41. The maximum Gasteiger partial charge on any atom is 0.160 e. The molecule has 0 aliphatic carbocycles. The van der Waals surface area contributed by atoms with Crippen LogP contribution < -0.4 is 0 Å². The highest BCUT2D eigenvalue weighted by molar-refractivity contribution is 6.11. The first kappa shape index (κ1) is 29.6. The molecule has 0 radical (unpaired) electrons. The van der Waals surface area contributed by atoms with Crippen molar-refractivity contribution in [3.8, 4) is 56.8 Å². The molecule has 10 rings (SSSR count). The van der Waals surface area contributed by atoms with Gasteiger partial charge < -0.3 is 8.98 Å². The van der Waals surface area contributed by atoms with Gasteiger partial charge in [-0.1, -0.05) is 121 Å². The van der Waals surface area contributed by atoms with E-state index in [0.29, 0.717) is 22.8 Å². The zero-order chi connectivity index (χ0) is 34.6. The van der Waals surface area contributed by atoms with E-state index in [1.165, 1.54) is 21.9 Å². The van der Waals surface area contributed by atoms with E-state index in [2.05, 4.69) is 108 Å². The largest absolute Gasteiger partial charge is 0.456 e. The number of nitrogens with zero attached hydrogens (tertiary/aromatic N) is 4. The second-order valence-corrected chi connectivity index (χ2v) is 12.9. The number of rotatable bonds is 5. The number of aromatic nitrogens is 3. The summed E-state index contributed by atoms with van der Waals surface area (Å²) in [4.78, 5) is 9.97. The number of para-hydroxylation sites is 1. The van der Waals surface area contributed by atoms with Gasteiger partial charge in [0.2, 0.25) is 0 Å². The molecular formula is C47H28N4O. The summed E-state index contributed by atoms with van der Waals surface area (Å²) in [6.45, 7) is 0. The van der Waals surface area contributed by atoms with E-state index in [1.807, 2.05) is 72.8 Å². The Bertz CT molecular complexity index is 2950. The van der Waals surface area contributed by atoms with Gasteiger partial charge in [0.25, 0.3) is 0 Å². The van der Waals surface area contributed by atoms with Crippen LogP contribution in [0.3, 0.4) is 0 Å². The third-order valence-corrected chi connectivity index (χ3v) is 9.87. The van der Waals surface area contributed by atoms with Crippen molar-refractivity contribution in [2.75, 3.05) is 0 Å². The summed E-state index contributed by atoms with van der Waals surface area (Å²) in [5.74, 6) is 0.528. The van der Waals surface area contributed by atoms with Crippen molar-refractivity contribution < 1.29 is 4.42 Å². The van der Waals surface area contributed by atoms with Crippen LogP contribution in [-0.4, -0.2) is 14.5 Å². The van der Waals surface area contributed by atoms with Gasteiger partial charge in [-0.2, -0.15) is 5.26 Å². The molecule has 0 aliphatic rings. The molecule has 0 amide bonds. The molecule has 5 heteroatoms. The molecule has 0 N–H and O–H groups in total. The molecule has 0 bridgehead atoms. The summed E-state index contributed by atoms with van der Waals surface area (Å²) < 4.78 is 8.82. The molecule has 0 saturated heterocycles. The molecule has 52 heavy (non-hydrogen) atoms. The van der Waals surface area contributed by atoms with E-state index < -0.39 is 0 Å². The lowest BCUT2D eigenvalue weighted by atomic mass is 10.00. The number of hydrogen-bond donors (Lipinski definition) is 0. The number of benzene rings is 7. The van der Waals surface area contributed by atoms with Crippen molar-refractivity contribution in [2.24, 2.45) is 0 Å². The maximum absolute atomic E-state index is 10.3. The molecule has 0 fully saturated rings. The minimum atomic E-state index is 0.444. The molecule has 242 valence electrons. The van der Waals surface area contributed by atoms with Crippen LogP contribution >= 0.6 is 0 Å². The molecule has 0 atom stereocenters. The van der Waals surface area contributed by atoms with Crippen molar-refractivity contribution in [2.45, 2.75) is 0 Å². The lowest BCUT2D eigenvalue weighted by molar-refractivity contribution is 0.669. The third kappa shape index (κ3) is 4.78. The lowest BCUT2D eigenvalue weighted by Gasteiger charge is -2.12. The first-order chi connectivity index (χ1) is 25.7. The van der Waals surface area contributed by atoms with Crippen molar-refractivity contribution in [3.05, 3.63) is 175 Å². The number of nitriles is 1. The van der Waals surface area contributed by atoms with Crippen LogP contribution in [0.5, 0.6) is 0 Å². The summed E-state index contributed by atoms with van der Waals surface area (Å²) in [6, 6.07) is 60.4. The lowest BCUT2D eigenvalue weighted by Crippen LogP contribution is -2.01. The van der Waals surface area contributed by atoms with Gasteiger partial charge in [-0.3, -0.25) is 0 Å². The van der Waals surface area contributed by atoms with E-state index in [4.69, 9.17) is 14.4 Å². The Hall–Kier alpha value is -7.29. The summed E-state index contributed by atoms with van der Waals surface area (Å²) in [5.41, 5.74) is 11.5. The van der Waals surface area contributed by atoms with Gasteiger partial charge in [-0.05, 0) is 59.7 Å². The van der Waals surface area contributed by atoms with Crippen LogP contribution in [0.2, 0.25) is 0 Å². The van der Waals surface area contributed by atoms with Crippen molar-refractivity contribution >= 4 is 43.7 Å². The average Bonchev–Trinajstić information content (AvgIpc) is 3.75. The fraction of sp³-hybridized carbons (Fsp3) is 0. The van der Waals surface area contributed by atoms with Crippen LogP contribution in [-0.2, 0) is 0 Å². The summed E-state index contributed by atoms with van der Waals surface area (Å²) in [6.07, 6.45) is 0. The summed E-state index contributed by atoms with van der Waals surface area (Å²) >= 11 is 0. The van der Waals surface area contributed by atoms with Crippen LogP contribution in [0, 0.1) is 11.3 Å². The zero-order valence-corrected chi connectivity index (χ0v) is 27.9. The predicted molar refractivity (Wildman–Crippen MR) is 210 cm³/mol. The Morgan fingerprint density at radius 3 is 1.75 bits per heavy atom. The standard InChI is InChI=1S/C47H28N4O/c48-29-40-45(31-14-6-2-7-15-31)49-47(50-46(40)32-16-8-3-9-17-32)34-20-23-37-39-28-35(22-25-43(39)52-44(37)27-34)51-41-19-11-10-18-36(41)38-26-33(21-24-42(38)51)30-12-4-1-5-13-30/h1-28H. The van der Waals surface area contributed by atoms with Gasteiger partial charge in [0, 0.05) is 43.9 Å². The predicted octanol–water partition coefficient (Wildman–Crippen LogP) is 12.0. The zero-order valence-electron chi connectivity index (χ0n) is 27.9. The summed E-state index contributed by atoms with van der Waals surface area (Å²) in [5, 5.41) is 14.8. The summed E-state index contributed by atoms with van der Waals surface area (Å²) in [7, 11) is 0. The minimum absolute atomic E-state index is 0.444. The molecule has 3 aromatic heterocycles.